The van der Waals surface area contributed by atoms with Crippen molar-refractivity contribution >= 4 is 5.91 Å². The summed E-state index contributed by atoms with van der Waals surface area (Å²) in [5.74, 6) is 1.22. The molecular formula is C16H25N3O2. The second-order valence-corrected chi connectivity index (χ2v) is 6.31. The van der Waals surface area contributed by atoms with Gasteiger partial charge in [0.2, 0.25) is 0 Å². The molecule has 3 rings (SSSR count). The van der Waals surface area contributed by atoms with Crippen LogP contribution in [0.15, 0.2) is 18.3 Å². The zero-order valence-electron chi connectivity index (χ0n) is 12.7. The number of aromatic nitrogens is 1. The lowest BCUT2D eigenvalue weighted by molar-refractivity contribution is 0.0770. The van der Waals surface area contributed by atoms with Crippen molar-refractivity contribution in [2.45, 2.75) is 31.8 Å². The largest absolute Gasteiger partial charge is 0.383 e. The molecule has 3 unspecified atom stereocenters. The fourth-order valence-electron chi connectivity index (χ4n) is 3.84. The standard InChI is InChI=1S/C16H25N3O2/c1-21-9-8-18-7-3-6-15(18)16(20)19-10-12-4-2-5-14(17)13(12)11-19/h3,6-7,12-14H,2,4-5,8-11,17H2,1H3. The molecule has 1 saturated heterocycles. The number of hydrogen-bond donors (Lipinski definition) is 1. The maximum Gasteiger partial charge on any atom is 0.270 e. The molecule has 1 aliphatic carbocycles. The Balaban J connectivity index is 1.70. The Bertz CT molecular complexity index is 499. The van der Waals surface area contributed by atoms with Gasteiger partial charge in [0.1, 0.15) is 5.69 Å². The molecule has 3 atom stereocenters. The highest BCUT2D eigenvalue weighted by molar-refractivity contribution is 5.93. The van der Waals surface area contributed by atoms with Crippen molar-refractivity contribution in [1.82, 2.24) is 9.47 Å². The lowest BCUT2D eigenvalue weighted by atomic mass is 9.78. The van der Waals surface area contributed by atoms with Gasteiger partial charge in [-0.15, -0.1) is 0 Å². The van der Waals surface area contributed by atoms with Crippen molar-refractivity contribution in [1.29, 1.82) is 0 Å². The summed E-state index contributed by atoms with van der Waals surface area (Å²) in [6, 6.07) is 4.10. The van der Waals surface area contributed by atoms with Gasteiger partial charge in [0.25, 0.3) is 5.91 Å². The summed E-state index contributed by atoms with van der Waals surface area (Å²) in [6.07, 6.45) is 5.47. The van der Waals surface area contributed by atoms with Crippen LogP contribution >= 0.6 is 0 Å². The lowest BCUT2D eigenvalue weighted by Gasteiger charge is -2.29. The minimum Gasteiger partial charge on any atom is -0.383 e. The van der Waals surface area contributed by atoms with E-state index >= 15 is 0 Å². The van der Waals surface area contributed by atoms with Gasteiger partial charge in [-0.3, -0.25) is 4.79 Å². The molecule has 2 heterocycles. The zero-order valence-corrected chi connectivity index (χ0v) is 12.7. The Morgan fingerprint density at radius 1 is 1.43 bits per heavy atom. The summed E-state index contributed by atoms with van der Waals surface area (Å²) in [4.78, 5) is 14.8. The molecule has 2 N–H and O–H groups in total. The minimum atomic E-state index is 0.137. The number of likely N-dealkylation sites (tertiary alicyclic amines) is 1. The highest BCUT2D eigenvalue weighted by atomic mass is 16.5. The van der Waals surface area contributed by atoms with Crippen LogP contribution in [-0.2, 0) is 11.3 Å². The highest BCUT2D eigenvalue weighted by Crippen LogP contribution is 2.36. The van der Waals surface area contributed by atoms with Crippen molar-refractivity contribution < 1.29 is 9.53 Å². The monoisotopic (exact) mass is 291 g/mol. The maximum absolute atomic E-state index is 12.8. The van der Waals surface area contributed by atoms with Crippen LogP contribution in [0, 0.1) is 11.8 Å². The van der Waals surface area contributed by atoms with E-state index in [1.807, 2.05) is 27.8 Å². The van der Waals surface area contributed by atoms with Gasteiger partial charge in [0, 0.05) is 39.0 Å². The van der Waals surface area contributed by atoms with Gasteiger partial charge >= 0.3 is 0 Å². The number of nitrogens with two attached hydrogens (primary N) is 1. The SMILES string of the molecule is COCCn1cccc1C(=O)N1CC2CCCC(N)C2C1. The molecule has 1 aromatic heterocycles. The minimum absolute atomic E-state index is 0.137. The summed E-state index contributed by atoms with van der Waals surface area (Å²) in [7, 11) is 1.68. The summed E-state index contributed by atoms with van der Waals surface area (Å²) >= 11 is 0. The smallest absolute Gasteiger partial charge is 0.270 e. The van der Waals surface area contributed by atoms with E-state index in [0.29, 0.717) is 25.0 Å². The predicted octanol–water partition coefficient (Wildman–Crippen LogP) is 1.33. The van der Waals surface area contributed by atoms with E-state index in [1.54, 1.807) is 7.11 Å². The molecular weight excluding hydrogens is 266 g/mol. The number of carbonyl (C=O) groups excluding carboxylic acids is 1. The fourth-order valence-corrected chi connectivity index (χ4v) is 3.84. The van der Waals surface area contributed by atoms with Gasteiger partial charge in [-0.25, -0.2) is 0 Å². The number of amides is 1. The van der Waals surface area contributed by atoms with Crippen LogP contribution in [0.3, 0.4) is 0 Å². The Morgan fingerprint density at radius 3 is 3.05 bits per heavy atom. The van der Waals surface area contributed by atoms with Crippen molar-refractivity contribution in [3.8, 4) is 0 Å². The third-order valence-corrected chi connectivity index (χ3v) is 5.03. The average Bonchev–Trinajstić information content (AvgIpc) is 3.11. The van der Waals surface area contributed by atoms with E-state index in [1.165, 1.54) is 12.8 Å². The third-order valence-electron chi connectivity index (χ3n) is 5.03. The van der Waals surface area contributed by atoms with Gasteiger partial charge < -0.3 is 19.9 Å². The number of ether oxygens (including phenoxy) is 1. The molecule has 5 heteroatoms. The Labute approximate surface area is 126 Å². The first kappa shape index (κ1) is 14.6. The Kier molecular flexibility index (Phi) is 4.31. The fraction of sp³-hybridized carbons (Fsp3) is 0.688. The summed E-state index contributed by atoms with van der Waals surface area (Å²) < 4.78 is 7.08. The van der Waals surface area contributed by atoms with Crippen LogP contribution < -0.4 is 5.73 Å². The van der Waals surface area contributed by atoms with E-state index < -0.39 is 0 Å². The molecule has 0 bridgehead atoms. The molecule has 1 amide bonds. The molecule has 0 spiro atoms. The van der Waals surface area contributed by atoms with Gasteiger partial charge in [-0.1, -0.05) is 6.42 Å². The second kappa shape index (κ2) is 6.20. The molecule has 1 saturated carbocycles. The first-order valence-electron chi connectivity index (χ1n) is 7.89. The average molecular weight is 291 g/mol. The molecule has 2 aliphatic rings. The quantitative estimate of drug-likeness (QED) is 0.910. The lowest BCUT2D eigenvalue weighted by Crippen LogP contribution is -2.38. The summed E-state index contributed by atoms with van der Waals surface area (Å²) in [5.41, 5.74) is 7.00. The molecule has 5 nitrogen and oxygen atoms in total. The Morgan fingerprint density at radius 2 is 2.29 bits per heavy atom. The van der Waals surface area contributed by atoms with Gasteiger partial charge in [0.15, 0.2) is 0 Å². The molecule has 1 aromatic rings. The van der Waals surface area contributed by atoms with Gasteiger partial charge in [-0.05, 0) is 36.8 Å². The first-order valence-corrected chi connectivity index (χ1v) is 7.89. The predicted molar refractivity (Wildman–Crippen MR) is 81.0 cm³/mol. The number of carbonyl (C=O) groups is 1. The van der Waals surface area contributed by atoms with E-state index in [4.69, 9.17) is 10.5 Å². The van der Waals surface area contributed by atoms with Crippen molar-refractivity contribution in [3.63, 3.8) is 0 Å². The van der Waals surface area contributed by atoms with Crippen LogP contribution in [0.25, 0.3) is 0 Å². The number of fused-ring (bicyclic) bond motifs is 1. The molecule has 0 aromatic carbocycles. The normalized spacial score (nSPS) is 28.7. The maximum atomic E-state index is 12.8. The van der Waals surface area contributed by atoms with E-state index in [0.717, 1.165) is 25.2 Å². The summed E-state index contributed by atoms with van der Waals surface area (Å²) in [5, 5.41) is 0. The van der Waals surface area contributed by atoms with Gasteiger partial charge in [-0.2, -0.15) is 0 Å². The summed E-state index contributed by atoms with van der Waals surface area (Å²) in [6.45, 7) is 3.02. The number of methoxy groups -OCH3 is 1. The van der Waals surface area contributed by atoms with E-state index in [2.05, 4.69) is 0 Å². The number of rotatable bonds is 4. The number of nitrogens with zero attached hydrogens (tertiary/aromatic N) is 2. The zero-order chi connectivity index (χ0) is 14.8. The van der Waals surface area contributed by atoms with Crippen LogP contribution in [0.4, 0.5) is 0 Å². The topological polar surface area (TPSA) is 60.5 Å². The van der Waals surface area contributed by atoms with Crippen LogP contribution in [0.5, 0.6) is 0 Å². The molecule has 116 valence electrons. The van der Waals surface area contributed by atoms with Crippen molar-refractivity contribution in [2.75, 3.05) is 26.8 Å². The van der Waals surface area contributed by atoms with Crippen molar-refractivity contribution in [3.05, 3.63) is 24.0 Å². The molecule has 1 aliphatic heterocycles. The molecule has 21 heavy (non-hydrogen) atoms. The van der Waals surface area contributed by atoms with Crippen LogP contribution in [0.1, 0.15) is 29.8 Å². The van der Waals surface area contributed by atoms with Crippen molar-refractivity contribution in [2.24, 2.45) is 17.6 Å². The highest BCUT2D eigenvalue weighted by Gasteiger charge is 2.40. The molecule has 2 fully saturated rings. The van der Waals surface area contributed by atoms with E-state index in [9.17, 15) is 4.79 Å². The van der Waals surface area contributed by atoms with Gasteiger partial charge in [0.05, 0.1) is 6.61 Å². The molecule has 0 radical (unpaired) electrons. The second-order valence-electron chi connectivity index (χ2n) is 6.31. The van der Waals surface area contributed by atoms with Crippen LogP contribution in [0.2, 0.25) is 0 Å². The third kappa shape index (κ3) is 2.85. The van der Waals surface area contributed by atoms with Crippen LogP contribution in [-0.4, -0.2) is 48.2 Å². The van der Waals surface area contributed by atoms with E-state index in [-0.39, 0.29) is 11.9 Å². The number of hydrogen-bond acceptors (Lipinski definition) is 3. The Hall–Kier alpha value is -1.33. The first-order chi connectivity index (χ1) is 10.2.